The molecule has 0 saturated heterocycles. The number of aryl methyl sites for hydroxylation is 2. The Morgan fingerprint density at radius 1 is 1.36 bits per heavy atom. The molecule has 0 bridgehead atoms. The van der Waals surface area contributed by atoms with Crippen LogP contribution in [-0.2, 0) is 29.1 Å². The number of carboxylic acid groups (broad SMARTS) is 1. The summed E-state index contributed by atoms with van der Waals surface area (Å²) in [6, 6.07) is 6.20. The van der Waals surface area contributed by atoms with Crippen molar-refractivity contribution in [3.8, 4) is 0 Å². The van der Waals surface area contributed by atoms with Gasteiger partial charge in [0.1, 0.15) is 12.2 Å². The molecule has 130 valence electrons. The molecule has 0 aliphatic carbocycles. The minimum Gasteiger partial charge on any atom is -0.480 e. The quantitative estimate of drug-likeness (QED) is 0.601. The Labute approximate surface area is 143 Å². The predicted octanol–water partition coefficient (Wildman–Crippen LogP) is 1.40. The van der Waals surface area contributed by atoms with Crippen molar-refractivity contribution in [2.24, 2.45) is 0 Å². The molecule has 0 aliphatic heterocycles. The van der Waals surface area contributed by atoms with Crippen LogP contribution in [-0.4, -0.2) is 37.0 Å². The summed E-state index contributed by atoms with van der Waals surface area (Å²) in [6.07, 6.45) is 4.46. The molecule has 8 heteroatoms. The maximum atomic E-state index is 12.0. The van der Waals surface area contributed by atoms with Gasteiger partial charge in [-0.2, -0.15) is 0 Å². The van der Waals surface area contributed by atoms with E-state index in [1.54, 1.807) is 0 Å². The molecule has 2 aromatic heterocycles. The molecule has 3 rings (SSSR count). The summed E-state index contributed by atoms with van der Waals surface area (Å²) < 4.78 is 1.22. The summed E-state index contributed by atoms with van der Waals surface area (Å²) in [5.74, 6) is -1.08. The average molecular weight is 341 g/mol. The van der Waals surface area contributed by atoms with Crippen molar-refractivity contribution < 1.29 is 14.7 Å². The zero-order valence-electron chi connectivity index (χ0n) is 13.8. The molecule has 1 amide bonds. The molecule has 8 nitrogen and oxygen atoms in total. The number of carbonyl (C=O) groups is 2. The standard InChI is InChI=1S/C17H19N5O3/c1-11-2-4-15-14(6-11)12(7-18-15)3-5-16(23)19-8-13-9-22(21-20-13)10-17(24)25/h2,4,6-7,9,18H,3,5,8,10H2,1H3,(H,19,23)(H,24,25). The Balaban J connectivity index is 1.51. The highest BCUT2D eigenvalue weighted by atomic mass is 16.4. The van der Waals surface area contributed by atoms with E-state index in [4.69, 9.17) is 5.11 Å². The smallest absolute Gasteiger partial charge is 0.325 e. The fourth-order valence-electron chi connectivity index (χ4n) is 2.66. The first-order valence-corrected chi connectivity index (χ1v) is 7.95. The highest BCUT2D eigenvalue weighted by molar-refractivity contribution is 5.84. The molecule has 3 aromatic rings. The fraction of sp³-hybridized carbons (Fsp3) is 0.294. The van der Waals surface area contributed by atoms with Crippen LogP contribution >= 0.6 is 0 Å². The van der Waals surface area contributed by atoms with Crippen LogP contribution in [0.5, 0.6) is 0 Å². The van der Waals surface area contributed by atoms with Crippen LogP contribution in [0.2, 0.25) is 0 Å². The Bertz CT molecular complexity index is 912. The van der Waals surface area contributed by atoms with Gasteiger partial charge in [-0.15, -0.1) is 5.10 Å². The number of aliphatic carboxylic acids is 1. The monoisotopic (exact) mass is 341 g/mol. The molecule has 0 atom stereocenters. The maximum Gasteiger partial charge on any atom is 0.325 e. The van der Waals surface area contributed by atoms with Crippen molar-refractivity contribution in [2.45, 2.75) is 32.9 Å². The third-order valence-electron chi connectivity index (χ3n) is 3.89. The number of carbonyl (C=O) groups excluding carboxylic acids is 1. The second-order valence-corrected chi connectivity index (χ2v) is 5.94. The highest BCUT2D eigenvalue weighted by Gasteiger charge is 2.09. The first-order valence-electron chi connectivity index (χ1n) is 7.95. The van der Waals surface area contributed by atoms with Gasteiger partial charge in [0.2, 0.25) is 5.91 Å². The molecule has 25 heavy (non-hydrogen) atoms. The predicted molar refractivity (Wildman–Crippen MR) is 90.9 cm³/mol. The van der Waals surface area contributed by atoms with Crippen molar-refractivity contribution in [2.75, 3.05) is 0 Å². The SMILES string of the molecule is Cc1ccc2[nH]cc(CCC(=O)NCc3cn(CC(=O)O)nn3)c2c1. The van der Waals surface area contributed by atoms with E-state index < -0.39 is 5.97 Å². The van der Waals surface area contributed by atoms with Gasteiger partial charge in [-0.05, 0) is 31.0 Å². The number of amides is 1. The Morgan fingerprint density at radius 3 is 3.00 bits per heavy atom. The zero-order chi connectivity index (χ0) is 17.8. The molecule has 3 N–H and O–H groups in total. The van der Waals surface area contributed by atoms with Crippen LogP contribution in [0, 0.1) is 6.92 Å². The van der Waals surface area contributed by atoms with Crippen molar-refractivity contribution in [3.63, 3.8) is 0 Å². The van der Waals surface area contributed by atoms with Crippen LogP contribution in [0.3, 0.4) is 0 Å². The lowest BCUT2D eigenvalue weighted by Gasteiger charge is -2.03. The van der Waals surface area contributed by atoms with Gasteiger partial charge in [-0.1, -0.05) is 16.8 Å². The van der Waals surface area contributed by atoms with E-state index in [0.29, 0.717) is 18.5 Å². The number of aromatic amines is 1. The van der Waals surface area contributed by atoms with E-state index in [1.165, 1.54) is 16.4 Å². The highest BCUT2D eigenvalue weighted by Crippen LogP contribution is 2.20. The molecule has 1 aromatic carbocycles. The Morgan fingerprint density at radius 2 is 2.20 bits per heavy atom. The van der Waals surface area contributed by atoms with Crippen LogP contribution in [0.4, 0.5) is 0 Å². The number of nitrogens with zero attached hydrogens (tertiary/aromatic N) is 3. The van der Waals surface area contributed by atoms with Gasteiger partial charge in [-0.25, -0.2) is 4.68 Å². The van der Waals surface area contributed by atoms with Gasteiger partial charge in [0.05, 0.1) is 12.7 Å². The summed E-state index contributed by atoms with van der Waals surface area (Å²) in [5.41, 5.74) is 3.89. The van der Waals surface area contributed by atoms with Crippen LogP contribution in [0.15, 0.2) is 30.6 Å². The number of hydrogen-bond donors (Lipinski definition) is 3. The fourth-order valence-corrected chi connectivity index (χ4v) is 2.66. The molecule has 0 unspecified atom stereocenters. The minimum absolute atomic E-state index is 0.0882. The third kappa shape index (κ3) is 4.23. The van der Waals surface area contributed by atoms with Gasteiger partial charge in [-0.3, -0.25) is 9.59 Å². The topological polar surface area (TPSA) is 113 Å². The number of fused-ring (bicyclic) bond motifs is 1. The van der Waals surface area contributed by atoms with Crippen molar-refractivity contribution in [1.29, 1.82) is 0 Å². The molecule has 0 radical (unpaired) electrons. The normalized spacial score (nSPS) is 10.9. The summed E-state index contributed by atoms with van der Waals surface area (Å²) in [5, 5.41) is 20.1. The van der Waals surface area contributed by atoms with E-state index in [2.05, 4.69) is 26.7 Å². The van der Waals surface area contributed by atoms with Gasteiger partial charge in [0, 0.05) is 23.5 Å². The lowest BCUT2D eigenvalue weighted by molar-refractivity contribution is -0.138. The maximum absolute atomic E-state index is 12.0. The van der Waals surface area contributed by atoms with E-state index in [9.17, 15) is 9.59 Å². The number of hydrogen-bond acceptors (Lipinski definition) is 4. The summed E-state index contributed by atoms with van der Waals surface area (Å²) >= 11 is 0. The van der Waals surface area contributed by atoms with Gasteiger partial charge >= 0.3 is 5.97 Å². The van der Waals surface area contributed by atoms with E-state index in [-0.39, 0.29) is 19.0 Å². The zero-order valence-corrected chi connectivity index (χ0v) is 13.8. The summed E-state index contributed by atoms with van der Waals surface area (Å²) in [6.45, 7) is 2.02. The van der Waals surface area contributed by atoms with Crippen LogP contribution in [0.1, 0.15) is 23.2 Å². The van der Waals surface area contributed by atoms with Crippen molar-refractivity contribution in [3.05, 3.63) is 47.4 Å². The second kappa shape index (κ2) is 7.16. The number of benzene rings is 1. The summed E-state index contributed by atoms with van der Waals surface area (Å²) in [7, 11) is 0. The molecule has 2 heterocycles. The first-order chi connectivity index (χ1) is 12.0. The first kappa shape index (κ1) is 16.7. The molecule has 0 spiro atoms. The van der Waals surface area contributed by atoms with Crippen molar-refractivity contribution >= 4 is 22.8 Å². The van der Waals surface area contributed by atoms with E-state index >= 15 is 0 Å². The number of carboxylic acids is 1. The largest absolute Gasteiger partial charge is 0.480 e. The van der Waals surface area contributed by atoms with Crippen LogP contribution in [0.25, 0.3) is 10.9 Å². The lowest BCUT2D eigenvalue weighted by atomic mass is 10.1. The van der Waals surface area contributed by atoms with Gasteiger partial charge in [0.15, 0.2) is 0 Å². The molecular weight excluding hydrogens is 322 g/mol. The number of rotatable bonds is 7. The van der Waals surface area contributed by atoms with Gasteiger partial charge < -0.3 is 15.4 Å². The Hall–Kier alpha value is -3.16. The van der Waals surface area contributed by atoms with Gasteiger partial charge in [0.25, 0.3) is 0 Å². The summed E-state index contributed by atoms with van der Waals surface area (Å²) in [4.78, 5) is 25.8. The Kier molecular flexibility index (Phi) is 4.78. The molecule has 0 aliphatic rings. The minimum atomic E-state index is -0.991. The molecule has 0 saturated carbocycles. The van der Waals surface area contributed by atoms with E-state index in [0.717, 1.165) is 16.5 Å². The molecular formula is C17H19N5O3. The average Bonchev–Trinajstić information content (AvgIpc) is 3.17. The lowest BCUT2D eigenvalue weighted by Crippen LogP contribution is -2.23. The van der Waals surface area contributed by atoms with Crippen LogP contribution < -0.4 is 5.32 Å². The number of aromatic nitrogens is 4. The molecule has 0 fully saturated rings. The number of H-pyrrole nitrogens is 1. The van der Waals surface area contributed by atoms with E-state index in [1.807, 2.05) is 25.3 Å². The number of nitrogens with one attached hydrogen (secondary N) is 2. The second-order valence-electron chi connectivity index (χ2n) is 5.94. The van der Waals surface area contributed by atoms with Crippen molar-refractivity contribution in [1.82, 2.24) is 25.3 Å². The third-order valence-corrected chi connectivity index (χ3v) is 3.89.